The average molecular weight is 265 g/mol. The van der Waals surface area contributed by atoms with Crippen molar-refractivity contribution in [2.75, 3.05) is 25.6 Å². The number of anilines is 1. The fourth-order valence-electron chi connectivity index (χ4n) is 2.03. The molecule has 1 heterocycles. The Hall–Kier alpha value is -1.75. The Labute approximate surface area is 112 Å². The summed E-state index contributed by atoms with van der Waals surface area (Å²) in [6.07, 6.45) is 1.38. The summed E-state index contributed by atoms with van der Waals surface area (Å²) in [6.45, 7) is 3.13. The lowest BCUT2D eigenvalue weighted by atomic mass is 10.2. The van der Waals surface area contributed by atoms with Crippen molar-refractivity contribution in [1.82, 2.24) is 0 Å². The minimum atomic E-state index is -0.336. The first kappa shape index (κ1) is 13.7. The van der Waals surface area contributed by atoms with Crippen molar-refractivity contribution in [2.24, 2.45) is 0 Å². The fourth-order valence-corrected chi connectivity index (χ4v) is 2.03. The van der Waals surface area contributed by atoms with Crippen LogP contribution >= 0.6 is 0 Å². The highest BCUT2D eigenvalue weighted by atomic mass is 16.5. The zero-order valence-electron chi connectivity index (χ0n) is 11.3. The smallest absolute Gasteiger partial charge is 0.253 e. The maximum Gasteiger partial charge on any atom is 0.253 e. The van der Waals surface area contributed by atoms with Gasteiger partial charge in [0.25, 0.3) is 5.91 Å². The van der Waals surface area contributed by atoms with Gasteiger partial charge in [0.1, 0.15) is 6.10 Å². The molecule has 0 saturated carbocycles. The lowest BCUT2D eigenvalue weighted by Crippen LogP contribution is -2.26. The summed E-state index contributed by atoms with van der Waals surface area (Å²) in [5.74, 6) is 1.16. The van der Waals surface area contributed by atoms with E-state index in [1.54, 1.807) is 25.3 Å². The van der Waals surface area contributed by atoms with E-state index in [1.807, 2.05) is 6.92 Å². The normalized spacial score (nSPS) is 18.1. The Morgan fingerprint density at radius 2 is 2.32 bits per heavy atom. The van der Waals surface area contributed by atoms with Gasteiger partial charge in [0, 0.05) is 18.4 Å². The predicted octanol–water partition coefficient (Wildman–Crippen LogP) is 2.21. The number of rotatable bonds is 5. The van der Waals surface area contributed by atoms with Crippen LogP contribution in [0.25, 0.3) is 0 Å². The van der Waals surface area contributed by atoms with E-state index in [9.17, 15) is 4.79 Å². The van der Waals surface area contributed by atoms with Crippen molar-refractivity contribution < 1.29 is 19.0 Å². The third-order valence-corrected chi connectivity index (χ3v) is 2.95. The van der Waals surface area contributed by atoms with Gasteiger partial charge in [0.05, 0.1) is 13.7 Å². The summed E-state index contributed by atoms with van der Waals surface area (Å²) in [6, 6.07) is 5.33. The number of amides is 1. The van der Waals surface area contributed by atoms with E-state index in [4.69, 9.17) is 14.2 Å². The first-order valence-corrected chi connectivity index (χ1v) is 6.48. The van der Waals surface area contributed by atoms with Crippen molar-refractivity contribution >= 4 is 11.6 Å². The molecule has 1 N–H and O–H groups in total. The molecule has 1 amide bonds. The van der Waals surface area contributed by atoms with Gasteiger partial charge >= 0.3 is 0 Å². The van der Waals surface area contributed by atoms with Crippen molar-refractivity contribution in [3.05, 3.63) is 18.2 Å². The van der Waals surface area contributed by atoms with Gasteiger partial charge in [-0.1, -0.05) is 0 Å². The highest BCUT2D eigenvalue weighted by Crippen LogP contribution is 2.30. The second-order valence-electron chi connectivity index (χ2n) is 4.29. The standard InChI is InChI=1S/C14H19NO4/c1-3-18-11-7-6-10(9-13(11)17-2)15-14(16)12-5-4-8-19-12/h6-7,9,12H,3-5,8H2,1-2H3,(H,15,16). The van der Waals surface area contributed by atoms with Gasteiger partial charge in [0.2, 0.25) is 0 Å². The molecule has 5 heteroatoms. The Morgan fingerprint density at radius 1 is 1.47 bits per heavy atom. The zero-order chi connectivity index (χ0) is 13.7. The molecule has 0 aromatic heterocycles. The molecule has 1 atom stereocenters. The van der Waals surface area contributed by atoms with Crippen LogP contribution in [-0.4, -0.2) is 32.3 Å². The molecule has 1 aliphatic rings. The van der Waals surface area contributed by atoms with E-state index in [1.165, 1.54) is 0 Å². The third kappa shape index (κ3) is 3.38. The van der Waals surface area contributed by atoms with Crippen LogP contribution in [0.5, 0.6) is 11.5 Å². The van der Waals surface area contributed by atoms with Crippen LogP contribution in [0, 0.1) is 0 Å². The van der Waals surface area contributed by atoms with Crippen LogP contribution in [0.15, 0.2) is 18.2 Å². The molecule has 1 aromatic carbocycles. The molecule has 1 fully saturated rings. The largest absolute Gasteiger partial charge is 0.493 e. The molecule has 0 aliphatic carbocycles. The van der Waals surface area contributed by atoms with Gasteiger partial charge in [-0.05, 0) is 31.9 Å². The summed E-state index contributed by atoms with van der Waals surface area (Å²) in [5, 5.41) is 2.83. The van der Waals surface area contributed by atoms with E-state index in [2.05, 4.69) is 5.32 Å². The van der Waals surface area contributed by atoms with Crippen LogP contribution in [0.2, 0.25) is 0 Å². The van der Waals surface area contributed by atoms with E-state index in [0.717, 1.165) is 12.8 Å². The minimum Gasteiger partial charge on any atom is -0.493 e. The molecular formula is C14H19NO4. The second kappa shape index (κ2) is 6.43. The Morgan fingerprint density at radius 3 is 2.95 bits per heavy atom. The Bertz CT molecular complexity index is 441. The monoisotopic (exact) mass is 265 g/mol. The molecule has 0 spiro atoms. The highest BCUT2D eigenvalue weighted by molar-refractivity contribution is 5.94. The van der Waals surface area contributed by atoms with Gasteiger partial charge in [-0.15, -0.1) is 0 Å². The first-order chi connectivity index (χ1) is 9.24. The number of carbonyl (C=O) groups is 1. The maximum atomic E-state index is 11.9. The van der Waals surface area contributed by atoms with E-state index in [0.29, 0.717) is 30.4 Å². The molecule has 104 valence electrons. The summed E-state index contributed by atoms with van der Waals surface area (Å²) in [4.78, 5) is 11.9. The van der Waals surface area contributed by atoms with Gasteiger partial charge < -0.3 is 19.5 Å². The number of hydrogen-bond acceptors (Lipinski definition) is 4. The molecule has 0 bridgehead atoms. The summed E-state index contributed by atoms with van der Waals surface area (Å²) in [5.41, 5.74) is 0.681. The quantitative estimate of drug-likeness (QED) is 0.886. The topological polar surface area (TPSA) is 56.8 Å². The summed E-state index contributed by atoms with van der Waals surface area (Å²) >= 11 is 0. The molecule has 19 heavy (non-hydrogen) atoms. The molecule has 2 rings (SSSR count). The minimum absolute atomic E-state index is 0.108. The predicted molar refractivity (Wildman–Crippen MR) is 71.8 cm³/mol. The van der Waals surface area contributed by atoms with E-state index < -0.39 is 0 Å². The van der Waals surface area contributed by atoms with Gasteiger partial charge in [0.15, 0.2) is 11.5 Å². The summed E-state index contributed by atoms with van der Waals surface area (Å²) in [7, 11) is 1.57. The van der Waals surface area contributed by atoms with E-state index in [-0.39, 0.29) is 12.0 Å². The lowest BCUT2D eigenvalue weighted by Gasteiger charge is -2.13. The maximum absolute atomic E-state index is 11.9. The molecule has 0 radical (unpaired) electrons. The van der Waals surface area contributed by atoms with Crippen molar-refractivity contribution in [2.45, 2.75) is 25.9 Å². The number of ether oxygens (including phenoxy) is 3. The third-order valence-electron chi connectivity index (χ3n) is 2.95. The summed E-state index contributed by atoms with van der Waals surface area (Å²) < 4.78 is 16.0. The van der Waals surface area contributed by atoms with Crippen LogP contribution in [0.1, 0.15) is 19.8 Å². The lowest BCUT2D eigenvalue weighted by molar-refractivity contribution is -0.124. The van der Waals surface area contributed by atoms with Crippen LogP contribution in [0.4, 0.5) is 5.69 Å². The number of methoxy groups -OCH3 is 1. The molecule has 1 aromatic rings. The van der Waals surface area contributed by atoms with Crippen molar-refractivity contribution in [1.29, 1.82) is 0 Å². The molecule has 1 saturated heterocycles. The number of nitrogens with one attached hydrogen (secondary N) is 1. The van der Waals surface area contributed by atoms with Gasteiger partial charge in [-0.3, -0.25) is 4.79 Å². The fraction of sp³-hybridized carbons (Fsp3) is 0.500. The molecule has 1 unspecified atom stereocenters. The molecular weight excluding hydrogens is 246 g/mol. The molecule has 5 nitrogen and oxygen atoms in total. The van der Waals surface area contributed by atoms with Gasteiger partial charge in [-0.25, -0.2) is 0 Å². The number of carbonyl (C=O) groups excluding carboxylic acids is 1. The van der Waals surface area contributed by atoms with Crippen LogP contribution in [0.3, 0.4) is 0 Å². The van der Waals surface area contributed by atoms with Crippen molar-refractivity contribution in [3.8, 4) is 11.5 Å². The number of benzene rings is 1. The Kier molecular flexibility index (Phi) is 4.63. The highest BCUT2D eigenvalue weighted by Gasteiger charge is 2.23. The Balaban J connectivity index is 2.05. The van der Waals surface area contributed by atoms with Crippen LogP contribution < -0.4 is 14.8 Å². The first-order valence-electron chi connectivity index (χ1n) is 6.48. The van der Waals surface area contributed by atoms with E-state index >= 15 is 0 Å². The SMILES string of the molecule is CCOc1ccc(NC(=O)C2CCCO2)cc1OC. The van der Waals surface area contributed by atoms with Crippen LogP contribution in [-0.2, 0) is 9.53 Å². The average Bonchev–Trinajstić information content (AvgIpc) is 2.94. The number of hydrogen-bond donors (Lipinski definition) is 1. The van der Waals surface area contributed by atoms with Gasteiger partial charge in [-0.2, -0.15) is 0 Å². The van der Waals surface area contributed by atoms with Crippen molar-refractivity contribution in [3.63, 3.8) is 0 Å². The molecule has 1 aliphatic heterocycles. The zero-order valence-corrected chi connectivity index (χ0v) is 11.3. The second-order valence-corrected chi connectivity index (χ2v) is 4.29.